The standard InChI is InChI=1S/2C3H6O2.C3H6O/c2*1-2-3(4)5;1-3(2)4/h2*2H2,1H3,(H,4,5);4H,1H2,2H3/p-3. The molecule has 84 valence electrons. The van der Waals surface area contributed by atoms with Gasteiger partial charge in [0, 0.05) is 11.9 Å². The van der Waals surface area contributed by atoms with Crippen LogP contribution in [0.3, 0.4) is 0 Å². The van der Waals surface area contributed by atoms with Crippen molar-refractivity contribution >= 4 is 11.9 Å². The molecule has 0 aromatic carbocycles. The SMILES string of the molecule is C=C(C)[O-].CCC(=O)[O-].CCC(=O)[O-]. The Hall–Kier alpha value is -1.52. The number of carboxylic acid groups (broad SMARTS) is 2. The zero-order valence-electron chi connectivity index (χ0n) is 8.66. The highest BCUT2D eigenvalue weighted by molar-refractivity contribution is 5.63. The van der Waals surface area contributed by atoms with Gasteiger partial charge >= 0.3 is 0 Å². The minimum atomic E-state index is -0.995. The Bertz CT molecular complexity index is 156. The second-order valence-corrected chi connectivity index (χ2v) is 2.15. The normalized spacial score (nSPS) is 7.07. The van der Waals surface area contributed by atoms with Crippen molar-refractivity contribution in [1.29, 1.82) is 0 Å². The molecule has 5 nitrogen and oxygen atoms in total. The summed E-state index contributed by atoms with van der Waals surface area (Å²) in [5.74, 6) is -2.07. The van der Waals surface area contributed by atoms with Gasteiger partial charge in [-0.2, -0.15) is 0 Å². The van der Waals surface area contributed by atoms with Crippen LogP contribution in [0, 0.1) is 0 Å². The summed E-state index contributed by atoms with van der Waals surface area (Å²) in [6.45, 7) is 7.49. The third-order valence-corrected chi connectivity index (χ3v) is 0.577. The number of allylic oxidation sites excluding steroid dienone is 1. The zero-order chi connectivity index (χ0) is 12.1. The summed E-state index contributed by atoms with van der Waals surface area (Å²) >= 11 is 0. The first kappa shape index (κ1) is 18.3. The molecule has 0 saturated carbocycles. The van der Waals surface area contributed by atoms with Gasteiger partial charge in [-0.15, -0.1) is 12.3 Å². The van der Waals surface area contributed by atoms with Crippen LogP contribution in [0.5, 0.6) is 0 Å². The molecule has 0 spiro atoms. The number of aliphatic carboxylic acids is 2. The van der Waals surface area contributed by atoms with Crippen LogP contribution < -0.4 is 15.3 Å². The van der Waals surface area contributed by atoms with E-state index >= 15 is 0 Å². The average molecular weight is 203 g/mol. The Labute approximate surface area is 83.7 Å². The van der Waals surface area contributed by atoms with Crippen molar-refractivity contribution in [2.45, 2.75) is 33.6 Å². The Morgan fingerprint density at radius 2 is 1.07 bits per heavy atom. The predicted octanol–water partition coefficient (Wildman–Crippen LogP) is -1.83. The lowest BCUT2D eigenvalue weighted by Gasteiger charge is -1.92. The van der Waals surface area contributed by atoms with E-state index in [4.69, 9.17) is 0 Å². The van der Waals surface area contributed by atoms with Gasteiger partial charge in [0.05, 0.1) is 0 Å². The average Bonchev–Trinajstić information content (AvgIpc) is 2.04. The van der Waals surface area contributed by atoms with E-state index in [1.54, 1.807) is 0 Å². The van der Waals surface area contributed by atoms with E-state index in [-0.39, 0.29) is 18.6 Å². The molecular weight excluding hydrogens is 188 g/mol. The minimum absolute atomic E-state index is 0.0833. The molecule has 0 unspecified atom stereocenters. The predicted molar refractivity (Wildman–Crippen MR) is 45.4 cm³/mol. The van der Waals surface area contributed by atoms with Gasteiger partial charge < -0.3 is 24.9 Å². The fraction of sp³-hybridized carbons (Fsp3) is 0.556. The molecule has 0 radical (unpaired) electrons. The molecule has 14 heavy (non-hydrogen) atoms. The fourth-order valence-electron chi connectivity index (χ4n) is 0. The highest BCUT2D eigenvalue weighted by Crippen LogP contribution is 1.62. The maximum atomic E-state index is 9.33. The minimum Gasteiger partial charge on any atom is -0.876 e. The van der Waals surface area contributed by atoms with Crippen LogP contribution in [0.4, 0.5) is 0 Å². The lowest BCUT2D eigenvalue weighted by molar-refractivity contribution is -0.306. The number of rotatable bonds is 2. The van der Waals surface area contributed by atoms with Crippen molar-refractivity contribution in [3.63, 3.8) is 0 Å². The summed E-state index contributed by atoms with van der Waals surface area (Å²) in [4.78, 5) is 18.5. The van der Waals surface area contributed by atoms with E-state index in [1.165, 1.54) is 20.8 Å². The summed E-state index contributed by atoms with van der Waals surface area (Å²) in [5.41, 5.74) is 0. The van der Waals surface area contributed by atoms with E-state index in [2.05, 4.69) is 6.58 Å². The molecule has 0 N–H and O–H groups in total. The maximum absolute atomic E-state index is 9.33. The number of hydrogen-bond acceptors (Lipinski definition) is 5. The Morgan fingerprint density at radius 1 is 1.00 bits per heavy atom. The lowest BCUT2D eigenvalue weighted by atomic mass is 10.5. The van der Waals surface area contributed by atoms with Crippen LogP contribution in [-0.4, -0.2) is 11.9 Å². The topological polar surface area (TPSA) is 103 Å². The summed E-state index contributed by atoms with van der Waals surface area (Å²) in [6, 6.07) is 0. The second kappa shape index (κ2) is 14.0. The van der Waals surface area contributed by atoms with Gasteiger partial charge in [0.2, 0.25) is 0 Å². The van der Waals surface area contributed by atoms with E-state index in [9.17, 15) is 24.9 Å². The Balaban J connectivity index is -0.000000131. The van der Waals surface area contributed by atoms with Crippen LogP contribution in [0.1, 0.15) is 33.6 Å². The number of hydrogen-bond donors (Lipinski definition) is 0. The summed E-state index contributed by atoms with van der Waals surface area (Å²) in [5, 5.41) is 27.8. The van der Waals surface area contributed by atoms with Crippen LogP contribution in [0.25, 0.3) is 0 Å². The molecule has 0 aromatic rings. The van der Waals surface area contributed by atoms with Crippen molar-refractivity contribution in [2.75, 3.05) is 0 Å². The molecule has 0 aliphatic heterocycles. The molecule has 0 heterocycles. The number of carboxylic acids is 2. The third kappa shape index (κ3) is 153. The van der Waals surface area contributed by atoms with E-state index in [0.717, 1.165) is 0 Å². The van der Waals surface area contributed by atoms with Gasteiger partial charge in [0.1, 0.15) is 0 Å². The monoisotopic (exact) mass is 203 g/mol. The smallest absolute Gasteiger partial charge is 0.0411 e. The molecule has 0 amide bonds. The largest absolute Gasteiger partial charge is 0.876 e. The molecule has 0 fully saturated rings. The van der Waals surface area contributed by atoms with Crippen molar-refractivity contribution in [1.82, 2.24) is 0 Å². The fourth-order valence-corrected chi connectivity index (χ4v) is 0. The van der Waals surface area contributed by atoms with Gasteiger partial charge in [-0.05, 0) is 12.8 Å². The first-order chi connectivity index (χ1) is 6.27. The summed E-state index contributed by atoms with van der Waals surface area (Å²) in [7, 11) is 0. The summed E-state index contributed by atoms with van der Waals surface area (Å²) < 4.78 is 0. The van der Waals surface area contributed by atoms with Crippen LogP contribution in [-0.2, 0) is 9.59 Å². The molecule has 0 aliphatic rings. The Morgan fingerprint density at radius 3 is 1.07 bits per heavy atom. The first-order valence-corrected chi connectivity index (χ1v) is 4.00. The van der Waals surface area contributed by atoms with Gasteiger partial charge in [-0.3, -0.25) is 0 Å². The van der Waals surface area contributed by atoms with Crippen molar-refractivity contribution in [3.05, 3.63) is 12.3 Å². The number of carbonyl (C=O) groups is 2. The van der Waals surface area contributed by atoms with Crippen molar-refractivity contribution in [3.8, 4) is 0 Å². The van der Waals surface area contributed by atoms with E-state index in [0.29, 0.717) is 0 Å². The number of carbonyl (C=O) groups excluding carboxylic acids is 2. The molecule has 0 aromatic heterocycles. The quantitative estimate of drug-likeness (QED) is 0.491. The molecule has 0 atom stereocenters. The molecule has 0 aliphatic carbocycles. The molecule has 0 rings (SSSR count). The Kier molecular flexibility index (Phi) is 18.3. The van der Waals surface area contributed by atoms with Crippen LogP contribution in [0.2, 0.25) is 0 Å². The second-order valence-electron chi connectivity index (χ2n) is 2.15. The molecule has 5 heteroatoms. The highest BCUT2D eigenvalue weighted by Gasteiger charge is 1.65. The van der Waals surface area contributed by atoms with Crippen molar-refractivity contribution in [2.24, 2.45) is 0 Å². The lowest BCUT2D eigenvalue weighted by Crippen LogP contribution is -2.20. The van der Waals surface area contributed by atoms with Crippen molar-refractivity contribution < 1.29 is 24.9 Å². The third-order valence-electron chi connectivity index (χ3n) is 0.577. The molecular formula is C9H15O5-3. The summed E-state index contributed by atoms with van der Waals surface area (Å²) in [6.07, 6.45) is 0.222. The zero-order valence-corrected chi connectivity index (χ0v) is 8.66. The van der Waals surface area contributed by atoms with Gasteiger partial charge in [-0.1, -0.05) is 20.8 Å². The van der Waals surface area contributed by atoms with Gasteiger partial charge in [0.25, 0.3) is 0 Å². The van der Waals surface area contributed by atoms with Crippen LogP contribution >= 0.6 is 0 Å². The first-order valence-electron chi connectivity index (χ1n) is 4.00. The van der Waals surface area contributed by atoms with Crippen LogP contribution in [0.15, 0.2) is 12.3 Å². The maximum Gasteiger partial charge on any atom is 0.0411 e. The molecule has 0 saturated heterocycles. The molecule has 0 bridgehead atoms. The highest BCUT2D eigenvalue weighted by atomic mass is 16.4. The van der Waals surface area contributed by atoms with E-state index in [1.807, 2.05) is 0 Å². The van der Waals surface area contributed by atoms with Gasteiger partial charge in [-0.25, -0.2) is 0 Å². The van der Waals surface area contributed by atoms with Gasteiger partial charge in [0.15, 0.2) is 0 Å². The van der Waals surface area contributed by atoms with E-state index < -0.39 is 11.9 Å².